The van der Waals surface area contributed by atoms with Gasteiger partial charge in [-0.25, -0.2) is 0 Å². The number of benzene rings is 19. The van der Waals surface area contributed by atoms with Crippen molar-refractivity contribution in [2.45, 2.75) is 0 Å². The van der Waals surface area contributed by atoms with Crippen LogP contribution in [-0.2, 0) is 0 Å². The van der Waals surface area contributed by atoms with Crippen LogP contribution in [0.25, 0.3) is 195 Å². The Kier molecular flexibility index (Phi) is 16.0. The van der Waals surface area contributed by atoms with E-state index >= 15 is 0 Å². The predicted octanol–water partition coefficient (Wildman–Crippen LogP) is 32.8. The maximum atomic E-state index is 6.91. The van der Waals surface area contributed by atoms with Crippen molar-refractivity contribution in [3.05, 3.63) is 413 Å². The Hall–Kier alpha value is -14.7. The molecule has 0 radical (unpaired) electrons. The number of furan rings is 2. The molecular weight excluding hydrogens is 1450 g/mol. The van der Waals surface area contributed by atoms with Gasteiger partial charge in [-0.3, -0.25) is 0 Å². The summed E-state index contributed by atoms with van der Waals surface area (Å²) in [5.41, 5.74) is 28.2. The second-order valence-corrected chi connectivity index (χ2v) is 32.3. The van der Waals surface area contributed by atoms with Gasteiger partial charge in [0.15, 0.2) is 0 Å². The van der Waals surface area contributed by atoms with E-state index in [4.69, 9.17) is 8.83 Å². The van der Waals surface area contributed by atoms with E-state index in [0.29, 0.717) is 0 Å². The van der Waals surface area contributed by atoms with Gasteiger partial charge in [0.2, 0.25) is 0 Å². The van der Waals surface area contributed by atoms with Crippen LogP contribution >= 0.6 is 22.7 Å². The zero-order valence-corrected chi connectivity index (χ0v) is 64.4. The SMILES string of the molecule is c1cc(-c2cccc(N(c3ccc(-c4cccc5oc6ccccc6c45)cc3)c3ccccc3-c3ccc4ccc(-c5ccc6c(c5)oc5cc(-c7ccc(N(c8ccc(-c9cccc%10c9sc9ccccc9%10)cc8)c8ccccc8-c8ccc9ccccc9c8)cc7)ccc56)cc4c3)c2)cc(-c2cccc3c2sc2ccccc23)c1. The molecule has 0 unspecified atom stereocenters. The fourth-order valence-corrected chi connectivity index (χ4v) is 20.3. The predicted molar refractivity (Wildman–Crippen MR) is 495 cm³/mol. The summed E-state index contributed by atoms with van der Waals surface area (Å²) in [4.78, 5) is 4.83. The third-order valence-electron chi connectivity index (χ3n) is 23.5. The molecule has 0 aliphatic carbocycles. The van der Waals surface area contributed by atoms with Crippen LogP contribution in [0.15, 0.2) is 421 Å². The minimum Gasteiger partial charge on any atom is -0.456 e. The molecule has 0 saturated carbocycles. The largest absolute Gasteiger partial charge is 0.456 e. The van der Waals surface area contributed by atoms with Crippen LogP contribution in [0.4, 0.5) is 34.1 Å². The second-order valence-electron chi connectivity index (χ2n) is 30.2. The smallest absolute Gasteiger partial charge is 0.136 e. The Morgan fingerprint density at radius 2 is 0.560 bits per heavy atom. The van der Waals surface area contributed by atoms with Gasteiger partial charge in [0.25, 0.3) is 0 Å². The van der Waals surface area contributed by atoms with E-state index in [9.17, 15) is 0 Å². The average molecular weight is 1510 g/mol. The molecule has 4 nitrogen and oxygen atoms in total. The quantitative estimate of drug-likeness (QED) is 0.109. The zero-order chi connectivity index (χ0) is 76.3. The van der Waals surface area contributed by atoms with Gasteiger partial charge >= 0.3 is 0 Å². The van der Waals surface area contributed by atoms with Crippen LogP contribution in [0.5, 0.6) is 0 Å². The molecule has 0 aliphatic rings. The van der Waals surface area contributed by atoms with Gasteiger partial charge < -0.3 is 18.6 Å². The molecule has 0 bridgehead atoms. The van der Waals surface area contributed by atoms with Crippen molar-refractivity contribution in [2.24, 2.45) is 0 Å². The highest BCUT2D eigenvalue weighted by Gasteiger charge is 2.24. The molecule has 4 heterocycles. The lowest BCUT2D eigenvalue weighted by molar-refractivity contribution is 0.668. The third kappa shape index (κ3) is 11.6. The highest BCUT2D eigenvalue weighted by atomic mass is 32.1. The number of para-hydroxylation sites is 3. The molecule has 4 aromatic heterocycles. The minimum atomic E-state index is 0.848. The van der Waals surface area contributed by atoms with Crippen LogP contribution in [0.3, 0.4) is 0 Å². The fourth-order valence-electron chi connectivity index (χ4n) is 17.8. The van der Waals surface area contributed by atoms with E-state index in [2.05, 4.69) is 416 Å². The molecule has 19 aromatic carbocycles. The minimum absolute atomic E-state index is 0.848. The number of thiophene rings is 2. The summed E-state index contributed by atoms with van der Waals surface area (Å²) >= 11 is 3.74. The van der Waals surface area contributed by atoms with Crippen LogP contribution in [0.2, 0.25) is 0 Å². The maximum absolute atomic E-state index is 6.91. The maximum Gasteiger partial charge on any atom is 0.136 e. The van der Waals surface area contributed by atoms with Gasteiger partial charge in [-0.2, -0.15) is 0 Å². The summed E-state index contributed by atoms with van der Waals surface area (Å²) in [5, 5.41) is 14.3. The average Bonchev–Trinajstić information content (AvgIpc) is 1.33. The lowest BCUT2D eigenvalue weighted by atomic mass is 9.95. The van der Waals surface area contributed by atoms with Gasteiger partial charge in [0.1, 0.15) is 22.3 Å². The van der Waals surface area contributed by atoms with E-state index in [1.807, 2.05) is 28.7 Å². The Balaban J connectivity index is 0.571. The summed E-state index contributed by atoms with van der Waals surface area (Å²) in [5.74, 6) is 0. The summed E-state index contributed by atoms with van der Waals surface area (Å²) in [7, 11) is 0. The van der Waals surface area contributed by atoms with E-state index in [0.717, 1.165) is 156 Å². The highest BCUT2D eigenvalue weighted by Crippen LogP contribution is 2.49. The first kappa shape index (κ1) is 67.1. The van der Waals surface area contributed by atoms with Crippen LogP contribution in [0, 0.1) is 0 Å². The van der Waals surface area contributed by atoms with E-state index in [1.165, 1.54) is 73.4 Å². The van der Waals surface area contributed by atoms with Crippen molar-refractivity contribution in [1.29, 1.82) is 0 Å². The monoisotopic (exact) mass is 1510 g/mol. The van der Waals surface area contributed by atoms with Crippen molar-refractivity contribution in [2.75, 3.05) is 9.80 Å². The first-order chi connectivity index (χ1) is 57.4. The van der Waals surface area contributed by atoms with Gasteiger partial charge in [-0.15, -0.1) is 22.7 Å². The number of rotatable bonds is 14. The molecule has 23 rings (SSSR count). The van der Waals surface area contributed by atoms with E-state index < -0.39 is 0 Å². The summed E-state index contributed by atoms with van der Waals surface area (Å²) in [6.45, 7) is 0. The number of nitrogens with zero attached hydrogens (tertiary/aromatic N) is 2. The van der Waals surface area contributed by atoms with Crippen LogP contribution < -0.4 is 9.80 Å². The van der Waals surface area contributed by atoms with Crippen molar-refractivity contribution < 1.29 is 8.83 Å². The Morgan fingerprint density at radius 1 is 0.181 bits per heavy atom. The van der Waals surface area contributed by atoms with Crippen molar-refractivity contribution in [3.63, 3.8) is 0 Å². The van der Waals surface area contributed by atoms with Gasteiger partial charge in [-0.05, 0) is 233 Å². The van der Waals surface area contributed by atoms with Crippen molar-refractivity contribution >= 4 is 163 Å². The Labute approximate surface area is 677 Å². The molecule has 0 aliphatic heterocycles. The number of fused-ring (bicyclic) bond motifs is 14. The van der Waals surface area contributed by atoms with Crippen molar-refractivity contribution in [1.82, 2.24) is 0 Å². The molecule has 6 heteroatoms. The second kappa shape index (κ2) is 27.6. The number of hydrogen-bond donors (Lipinski definition) is 0. The standard InChI is InChI=1S/C110H68N2O2S2/c1-2-19-74-62-81(44-41-69(74)18-1)88-24-3-8-34-100(88)111(85-58-50-73(51-59-85)91-30-15-32-97-95-26-6-11-38-106(95)115-109(91)97)84-54-46-70(47-55-84)78-52-60-93-94-61-53-79(68-105(94)114-104(93)67-78)77-43-40-71-42-45-82(65-83(71)64-77)89-25-4-9-35-101(89)112(86-56-48-72(49-57-86)90-29-17-37-103-108(90)99-28-5-10-36-102(99)113-103)87-23-14-21-76(66-87)75-20-13-22-80(63-75)92-31-16-33-98-96-27-7-12-39-107(96)116-110(92)98/h1-68H. The normalized spacial score (nSPS) is 11.8. The molecular formula is C110H68N2O2S2. The van der Waals surface area contributed by atoms with Crippen LogP contribution in [0.1, 0.15) is 0 Å². The molecule has 0 atom stereocenters. The fraction of sp³-hybridized carbons (Fsp3) is 0. The molecule has 0 saturated heterocycles. The van der Waals surface area contributed by atoms with Gasteiger partial charge in [-0.1, -0.05) is 279 Å². The summed E-state index contributed by atoms with van der Waals surface area (Å²) in [6.07, 6.45) is 0. The van der Waals surface area contributed by atoms with Gasteiger partial charge in [0, 0.05) is 95.8 Å². The Bertz CT molecular complexity index is 7850. The highest BCUT2D eigenvalue weighted by molar-refractivity contribution is 7.26. The molecule has 0 amide bonds. The molecule has 0 spiro atoms. The summed E-state index contributed by atoms with van der Waals surface area (Å²) < 4.78 is 18.5. The lowest BCUT2D eigenvalue weighted by Gasteiger charge is -2.28. The topological polar surface area (TPSA) is 32.8 Å². The van der Waals surface area contributed by atoms with Crippen molar-refractivity contribution in [3.8, 4) is 89.0 Å². The van der Waals surface area contributed by atoms with E-state index in [-0.39, 0.29) is 0 Å². The lowest BCUT2D eigenvalue weighted by Crippen LogP contribution is -2.11. The Morgan fingerprint density at radius 3 is 1.21 bits per heavy atom. The first-order valence-electron chi connectivity index (χ1n) is 39.5. The molecule has 542 valence electrons. The number of anilines is 6. The zero-order valence-electron chi connectivity index (χ0n) is 62.8. The number of hydrogen-bond acceptors (Lipinski definition) is 6. The molecule has 0 N–H and O–H groups in total. The summed E-state index contributed by atoms with van der Waals surface area (Å²) in [6, 6.07) is 151. The molecule has 116 heavy (non-hydrogen) atoms. The van der Waals surface area contributed by atoms with Crippen LogP contribution in [-0.4, -0.2) is 0 Å². The third-order valence-corrected chi connectivity index (χ3v) is 25.9. The molecule has 23 aromatic rings. The van der Waals surface area contributed by atoms with E-state index in [1.54, 1.807) is 0 Å². The van der Waals surface area contributed by atoms with Gasteiger partial charge in [0.05, 0.1) is 11.4 Å². The molecule has 0 fully saturated rings. The first-order valence-corrected chi connectivity index (χ1v) is 41.1.